The smallest absolute Gasteiger partial charge is 0.326 e. The van der Waals surface area contributed by atoms with Crippen LogP contribution in [0.2, 0.25) is 0 Å². The van der Waals surface area contributed by atoms with Crippen LogP contribution in [-0.2, 0) is 11.2 Å². The molecule has 5 nitrogen and oxygen atoms in total. The summed E-state index contributed by atoms with van der Waals surface area (Å²) in [6.07, 6.45) is -0.117. The zero-order valence-electron chi connectivity index (χ0n) is 12.3. The van der Waals surface area contributed by atoms with Gasteiger partial charge in [0.15, 0.2) is 11.6 Å². The van der Waals surface area contributed by atoms with Crippen LogP contribution < -0.4 is 5.32 Å². The molecule has 1 atom stereocenters. The van der Waals surface area contributed by atoms with E-state index < -0.39 is 29.6 Å². The van der Waals surface area contributed by atoms with Crippen LogP contribution >= 0.6 is 0 Å². The SMILES string of the molecule is N#Cc1ccccc1C[C@@H](NC(=O)c1ccc(F)c(F)c1)C(=O)O. The Labute approximate surface area is 136 Å². The Morgan fingerprint density at radius 1 is 1.17 bits per heavy atom. The highest BCUT2D eigenvalue weighted by Gasteiger charge is 2.22. The van der Waals surface area contributed by atoms with Gasteiger partial charge in [-0.15, -0.1) is 0 Å². The number of halogens is 2. The number of carbonyl (C=O) groups excluding carboxylic acids is 1. The van der Waals surface area contributed by atoms with E-state index in [-0.39, 0.29) is 12.0 Å². The van der Waals surface area contributed by atoms with Crippen molar-refractivity contribution in [1.82, 2.24) is 5.32 Å². The third-order valence-electron chi connectivity index (χ3n) is 3.35. The average Bonchev–Trinajstić information content (AvgIpc) is 2.56. The molecule has 2 aromatic rings. The minimum Gasteiger partial charge on any atom is -0.480 e. The van der Waals surface area contributed by atoms with Crippen LogP contribution in [0, 0.1) is 23.0 Å². The minimum absolute atomic E-state index is 0.117. The molecule has 0 heterocycles. The molecule has 2 N–H and O–H groups in total. The van der Waals surface area contributed by atoms with Crippen LogP contribution in [0.4, 0.5) is 8.78 Å². The summed E-state index contributed by atoms with van der Waals surface area (Å²) in [5.41, 5.74) is 0.553. The van der Waals surface area contributed by atoms with Crippen LogP contribution in [0.1, 0.15) is 21.5 Å². The molecule has 0 fully saturated rings. The van der Waals surface area contributed by atoms with Crippen LogP contribution in [0.3, 0.4) is 0 Å². The average molecular weight is 330 g/mol. The molecule has 0 spiro atoms. The van der Waals surface area contributed by atoms with Crippen molar-refractivity contribution in [2.75, 3.05) is 0 Å². The van der Waals surface area contributed by atoms with Crippen molar-refractivity contribution in [1.29, 1.82) is 5.26 Å². The molecule has 7 heteroatoms. The Balaban J connectivity index is 2.19. The predicted octanol–water partition coefficient (Wildman–Crippen LogP) is 2.26. The van der Waals surface area contributed by atoms with E-state index in [4.69, 9.17) is 5.26 Å². The van der Waals surface area contributed by atoms with Crippen molar-refractivity contribution in [2.24, 2.45) is 0 Å². The van der Waals surface area contributed by atoms with Gasteiger partial charge in [-0.3, -0.25) is 4.79 Å². The number of carboxylic acids is 1. The Hall–Kier alpha value is -3.27. The number of nitrogens with one attached hydrogen (secondary N) is 1. The fraction of sp³-hybridized carbons (Fsp3) is 0.118. The number of nitrogens with zero attached hydrogens (tertiary/aromatic N) is 1. The first kappa shape index (κ1) is 17.1. The summed E-state index contributed by atoms with van der Waals surface area (Å²) >= 11 is 0. The summed E-state index contributed by atoms with van der Waals surface area (Å²) in [6.45, 7) is 0. The van der Waals surface area contributed by atoms with Crippen molar-refractivity contribution in [3.05, 3.63) is 70.8 Å². The van der Waals surface area contributed by atoms with Gasteiger partial charge in [-0.05, 0) is 29.8 Å². The number of hydrogen-bond acceptors (Lipinski definition) is 3. The summed E-state index contributed by atoms with van der Waals surface area (Å²) in [6, 6.07) is 9.54. The fourth-order valence-electron chi connectivity index (χ4n) is 2.11. The second-order valence-corrected chi connectivity index (χ2v) is 4.97. The van der Waals surface area contributed by atoms with Crippen LogP contribution in [0.5, 0.6) is 0 Å². The van der Waals surface area contributed by atoms with Gasteiger partial charge >= 0.3 is 5.97 Å². The lowest BCUT2D eigenvalue weighted by Crippen LogP contribution is -2.42. The maximum absolute atomic E-state index is 13.2. The quantitative estimate of drug-likeness (QED) is 0.880. The van der Waals surface area contributed by atoms with E-state index in [0.717, 1.165) is 12.1 Å². The lowest BCUT2D eigenvalue weighted by Gasteiger charge is -2.15. The Bertz CT molecular complexity index is 831. The van der Waals surface area contributed by atoms with Crippen LogP contribution in [0.15, 0.2) is 42.5 Å². The molecule has 0 saturated carbocycles. The summed E-state index contributed by atoms with van der Waals surface area (Å²) < 4.78 is 26.1. The molecule has 1 amide bonds. The van der Waals surface area contributed by atoms with Gasteiger partial charge in [0.2, 0.25) is 0 Å². The molecule has 2 rings (SSSR count). The maximum atomic E-state index is 13.2. The molecule has 0 aliphatic rings. The van der Waals surface area contributed by atoms with E-state index in [1.54, 1.807) is 18.2 Å². The van der Waals surface area contributed by atoms with Crippen molar-refractivity contribution < 1.29 is 23.5 Å². The monoisotopic (exact) mass is 330 g/mol. The van der Waals surface area contributed by atoms with Gasteiger partial charge in [0.05, 0.1) is 11.6 Å². The Kier molecular flexibility index (Phi) is 5.22. The molecule has 0 aromatic heterocycles. The Morgan fingerprint density at radius 2 is 1.88 bits per heavy atom. The first-order valence-corrected chi connectivity index (χ1v) is 6.89. The van der Waals surface area contributed by atoms with E-state index in [2.05, 4.69) is 5.32 Å². The number of benzene rings is 2. The summed E-state index contributed by atoms with van der Waals surface area (Å²) in [5.74, 6) is -4.47. The van der Waals surface area contributed by atoms with Gasteiger partial charge in [-0.1, -0.05) is 18.2 Å². The number of nitriles is 1. The highest BCUT2D eigenvalue weighted by molar-refractivity contribution is 5.96. The summed E-state index contributed by atoms with van der Waals surface area (Å²) in [5, 5.41) is 20.5. The molecular weight excluding hydrogens is 318 g/mol. The summed E-state index contributed by atoms with van der Waals surface area (Å²) in [7, 11) is 0. The molecule has 122 valence electrons. The van der Waals surface area contributed by atoms with Crippen LogP contribution in [0.25, 0.3) is 0 Å². The highest BCUT2D eigenvalue weighted by Crippen LogP contribution is 2.12. The van der Waals surface area contributed by atoms with Gasteiger partial charge in [-0.2, -0.15) is 5.26 Å². The number of carbonyl (C=O) groups is 2. The first-order valence-electron chi connectivity index (χ1n) is 6.89. The van der Waals surface area contributed by atoms with Gasteiger partial charge in [-0.25, -0.2) is 13.6 Å². The second-order valence-electron chi connectivity index (χ2n) is 4.97. The zero-order chi connectivity index (χ0) is 17.7. The minimum atomic E-state index is -1.32. The van der Waals surface area contributed by atoms with E-state index in [9.17, 15) is 23.5 Å². The summed E-state index contributed by atoms with van der Waals surface area (Å²) in [4.78, 5) is 23.4. The molecule has 2 aromatic carbocycles. The number of hydrogen-bond donors (Lipinski definition) is 2. The molecule has 24 heavy (non-hydrogen) atoms. The van der Waals surface area contributed by atoms with Crippen LogP contribution in [-0.4, -0.2) is 23.0 Å². The number of amides is 1. The number of carboxylic acid groups (broad SMARTS) is 1. The molecule has 0 bridgehead atoms. The Morgan fingerprint density at radius 3 is 2.50 bits per heavy atom. The fourth-order valence-corrected chi connectivity index (χ4v) is 2.11. The first-order chi connectivity index (χ1) is 11.4. The lowest BCUT2D eigenvalue weighted by atomic mass is 10.0. The van der Waals surface area contributed by atoms with E-state index in [0.29, 0.717) is 17.2 Å². The zero-order valence-corrected chi connectivity index (χ0v) is 12.3. The van der Waals surface area contributed by atoms with Gasteiger partial charge in [0.25, 0.3) is 5.91 Å². The molecule has 0 radical (unpaired) electrons. The molecular formula is C17H12F2N2O3. The van der Waals surface area contributed by atoms with Crippen molar-refractivity contribution in [2.45, 2.75) is 12.5 Å². The standard InChI is InChI=1S/C17H12F2N2O3/c18-13-6-5-11(7-14(13)19)16(22)21-15(17(23)24)8-10-3-1-2-4-12(10)9-20/h1-7,15H,8H2,(H,21,22)(H,23,24)/t15-/m1/s1. The maximum Gasteiger partial charge on any atom is 0.326 e. The van der Waals surface area contributed by atoms with Gasteiger partial charge in [0, 0.05) is 12.0 Å². The van der Waals surface area contributed by atoms with Crippen molar-refractivity contribution in [3.8, 4) is 6.07 Å². The van der Waals surface area contributed by atoms with E-state index in [1.165, 1.54) is 6.07 Å². The van der Waals surface area contributed by atoms with E-state index >= 15 is 0 Å². The molecule has 0 aliphatic heterocycles. The largest absolute Gasteiger partial charge is 0.480 e. The highest BCUT2D eigenvalue weighted by atomic mass is 19.2. The predicted molar refractivity (Wildman–Crippen MR) is 80.1 cm³/mol. The molecule has 0 unspecified atom stereocenters. The second kappa shape index (κ2) is 7.33. The third-order valence-corrected chi connectivity index (χ3v) is 3.35. The lowest BCUT2D eigenvalue weighted by molar-refractivity contribution is -0.139. The van der Waals surface area contributed by atoms with Crippen molar-refractivity contribution >= 4 is 11.9 Å². The van der Waals surface area contributed by atoms with Gasteiger partial charge < -0.3 is 10.4 Å². The molecule has 0 saturated heterocycles. The van der Waals surface area contributed by atoms with Gasteiger partial charge in [0.1, 0.15) is 6.04 Å². The topological polar surface area (TPSA) is 90.2 Å². The van der Waals surface area contributed by atoms with E-state index in [1.807, 2.05) is 6.07 Å². The normalized spacial score (nSPS) is 11.4. The number of rotatable bonds is 5. The third kappa shape index (κ3) is 3.93. The molecule has 0 aliphatic carbocycles. The number of aliphatic carboxylic acids is 1. The van der Waals surface area contributed by atoms with Crippen molar-refractivity contribution in [3.63, 3.8) is 0 Å².